The molecule has 0 amide bonds. The average Bonchev–Trinajstić information content (AvgIpc) is 2.33. The SMILES string of the molecule is CCNCc1cc(N(C)CC(C)(C)C)nc(C(C)(C)C)c1. The highest BCUT2D eigenvalue weighted by Gasteiger charge is 2.20. The van der Waals surface area contributed by atoms with Crippen LogP contribution in [0.3, 0.4) is 0 Å². The lowest BCUT2D eigenvalue weighted by Gasteiger charge is -2.29. The maximum Gasteiger partial charge on any atom is 0.128 e. The molecule has 0 spiro atoms. The van der Waals surface area contributed by atoms with Crippen molar-refractivity contribution in [3.8, 4) is 0 Å². The maximum atomic E-state index is 4.89. The van der Waals surface area contributed by atoms with E-state index in [0.717, 1.165) is 31.1 Å². The number of hydrogen-bond acceptors (Lipinski definition) is 3. The second kappa shape index (κ2) is 6.78. The monoisotopic (exact) mass is 291 g/mol. The van der Waals surface area contributed by atoms with Gasteiger partial charge in [-0.15, -0.1) is 0 Å². The number of nitrogens with zero attached hydrogens (tertiary/aromatic N) is 2. The van der Waals surface area contributed by atoms with E-state index in [-0.39, 0.29) is 10.8 Å². The summed E-state index contributed by atoms with van der Waals surface area (Å²) in [6.45, 7) is 18.5. The zero-order valence-electron chi connectivity index (χ0n) is 15.2. The molecule has 0 aliphatic rings. The number of anilines is 1. The summed E-state index contributed by atoms with van der Waals surface area (Å²) in [6.07, 6.45) is 0. The summed E-state index contributed by atoms with van der Waals surface area (Å²) >= 11 is 0. The van der Waals surface area contributed by atoms with E-state index in [1.165, 1.54) is 5.56 Å². The summed E-state index contributed by atoms with van der Waals surface area (Å²) < 4.78 is 0. The van der Waals surface area contributed by atoms with Crippen molar-refractivity contribution in [1.82, 2.24) is 10.3 Å². The third kappa shape index (κ3) is 6.04. The first kappa shape index (κ1) is 18.0. The lowest BCUT2D eigenvalue weighted by Crippen LogP contribution is -2.30. The molecule has 1 heterocycles. The van der Waals surface area contributed by atoms with Gasteiger partial charge in [-0.3, -0.25) is 0 Å². The van der Waals surface area contributed by atoms with E-state index < -0.39 is 0 Å². The molecule has 0 unspecified atom stereocenters. The van der Waals surface area contributed by atoms with Gasteiger partial charge in [0.05, 0.1) is 0 Å². The molecule has 1 aromatic rings. The normalized spacial score (nSPS) is 12.6. The van der Waals surface area contributed by atoms with E-state index in [1.54, 1.807) is 0 Å². The number of pyridine rings is 1. The molecule has 0 radical (unpaired) electrons. The Hall–Kier alpha value is -1.09. The molecule has 3 nitrogen and oxygen atoms in total. The van der Waals surface area contributed by atoms with Crippen LogP contribution in [0.25, 0.3) is 0 Å². The summed E-state index contributed by atoms with van der Waals surface area (Å²) in [7, 11) is 2.14. The first-order valence-corrected chi connectivity index (χ1v) is 7.96. The Kier molecular flexibility index (Phi) is 5.80. The van der Waals surface area contributed by atoms with Crippen molar-refractivity contribution in [2.24, 2.45) is 5.41 Å². The highest BCUT2D eigenvalue weighted by Crippen LogP contribution is 2.26. The van der Waals surface area contributed by atoms with Crippen LogP contribution in [0, 0.1) is 5.41 Å². The van der Waals surface area contributed by atoms with Crippen LogP contribution in [0.1, 0.15) is 59.7 Å². The fourth-order valence-electron chi connectivity index (χ4n) is 2.31. The van der Waals surface area contributed by atoms with Gasteiger partial charge in [-0.05, 0) is 29.7 Å². The van der Waals surface area contributed by atoms with Gasteiger partial charge in [0.1, 0.15) is 5.82 Å². The molecular formula is C18H33N3. The van der Waals surface area contributed by atoms with Crippen molar-refractivity contribution >= 4 is 5.82 Å². The minimum Gasteiger partial charge on any atom is -0.359 e. The summed E-state index contributed by atoms with van der Waals surface area (Å²) in [5.41, 5.74) is 2.80. The smallest absolute Gasteiger partial charge is 0.128 e. The first-order valence-electron chi connectivity index (χ1n) is 7.96. The van der Waals surface area contributed by atoms with Gasteiger partial charge >= 0.3 is 0 Å². The van der Waals surface area contributed by atoms with Crippen molar-refractivity contribution in [3.63, 3.8) is 0 Å². The third-order valence-electron chi connectivity index (χ3n) is 3.32. The molecule has 21 heavy (non-hydrogen) atoms. The Morgan fingerprint density at radius 1 is 1.10 bits per heavy atom. The highest BCUT2D eigenvalue weighted by atomic mass is 15.2. The molecule has 0 saturated carbocycles. The Labute approximate surface area is 131 Å². The van der Waals surface area contributed by atoms with Gasteiger partial charge < -0.3 is 10.2 Å². The predicted molar refractivity (Wildman–Crippen MR) is 93.0 cm³/mol. The summed E-state index contributed by atoms with van der Waals surface area (Å²) in [4.78, 5) is 7.16. The Balaban J connectivity index is 3.12. The van der Waals surface area contributed by atoms with Gasteiger partial charge in [0.15, 0.2) is 0 Å². The van der Waals surface area contributed by atoms with Crippen LogP contribution in [0.4, 0.5) is 5.82 Å². The fourth-order valence-corrected chi connectivity index (χ4v) is 2.31. The van der Waals surface area contributed by atoms with E-state index >= 15 is 0 Å². The van der Waals surface area contributed by atoms with E-state index in [2.05, 4.69) is 77.9 Å². The van der Waals surface area contributed by atoms with Gasteiger partial charge in [0.25, 0.3) is 0 Å². The largest absolute Gasteiger partial charge is 0.359 e. The minimum atomic E-state index is 0.0690. The van der Waals surface area contributed by atoms with E-state index in [4.69, 9.17) is 4.98 Å². The molecule has 0 fully saturated rings. The van der Waals surface area contributed by atoms with Crippen LogP contribution in [-0.4, -0.2) is 25.1 Å². The molecule has 0 aliphatic carbocycles. The lowest BCUT2D eigenvalue weighted by atomic mass is 9.90. The quantitative estimate of drug-likeness (QED) is 0.889. The van der Waals surface area contributed by atoms with Crippen LogP contribution in [0.5, 0.6) is 0 Å². The molecular weight excluding hydrogens is 258 g/mol. The van der Waals surface area contributed by atoms with Crippen LogP contribution < -0.4 is 10.2 Å². The number of hydrogen-bond donors (Lipinski definition) is 1. The van der Waals surface area contributed by atoms with Crippen LogP contribution in [-0.2, 0) is 12.0 Å². The zero-order chi connectivity index (χ0) is 16.3. The average molecular weight is 291 g/mol. The standard InChI is InChI=1S/C18H33N3/c1-9-19-12-14-10-15(18(5,6)7)20-16(11-14)21(8)13-17(2,3)4/h10-11,19H,9,12-13H2,1-8H3. The lowest BCUT2D eigenvalue weighted by molar-refractivity contribution is 0.417. The molecule has 1 aromatic heterocycles. The predicted octanol–water partition coefficient (Wildman–Crippen LogP) is 3.97. The molecule has 1 N–H and O–H groups in total. The minimum absolute atomic E-state index is 0.0690. The summed E-state index contributed by atoms with van der Waals surface area (Å²) in [5.74, 6) is 1.07. The number of rotatable bonds is 5. The molecule has 0 bridgehead atoms. The first-order chi connectivity index (χ1) is 9.53. The molecule has 3 heteroatoms. The van der Waals surface area contributed by atoms with Crippen molar-refractivity contribution in [3.05, 3.63) is 23.4 Å². The van der Waals surface area contributed by atoms with Crippen molar-refractivity contribution in [2.45, 2.75) is 60.4 Å². The van der Waals surface area contributed by atoms with Crippen LogP contribution in [0.2, 0.25) is 0 Å². The molecule has 0 atom stereocenters. The summed E-state index contributed by atoms with van der Waals surface area (Å²) in [5, 5.41) is 3.41. The number of aromatic nitrogens is 1. The van der Waals surface area contributed by atoms with E-state index in [9.17, 15) is 0 Å². The molecule has 120 valence electrons. The third-order valence-corrected chi connectivity index (χ3v) is 3.32. The van der Waals surface area contributed by atoms with Crippen molar-refractivity contribution < 1.29 is 0 Å². The van der Waals surface area contributed by atoms with Crippen molar-refractivity contribution in [2.75, 3.05) is 25.0 Å². The topological polar surface area (TPSA) is 28.2 Å². The van der Waals surface area contributed by atoms with Crippen LogP contribution in [0.15, 0.2) is 12.1 Å². The summed E-state index contributed by atoms with van der Waals surface area (Å²) in [6, 6.07) is 4.45. The molecule has 1 rings (SSSR count). The Morgan fingerprint density at radius 2 is 1.71 bits per heavy atom. The van der Waals surface area contributed by atoms with Gasteiger partial charge in [0.2, 0.25) is 0 Å². The van der Waals surface area contributed by atoms with Crippen molar-refractivity contribution in [1.29, 1.82) is 0 Å². The molecule has 0 aliphatic heterocycles. The highest BCUT2D eigenvalue weighted by molar-refractivity contribution is 5.43. The van der Waals surface area contributed by atoms with E-state index in [0.29, 0.717) is 0 Å². The zero-order valence-corrected chi connectivity index (χ0v) is 15.2. The molecule has 0 aromatic carbocycles. The maximum absolute atomic E-state index is 4.89. The molecule has 0 saturated heterocycles. The fraction of sp³-hybridized carbons (Fsp3) is 0.722. The Morgan fingerprint density at radius 3 is 2.19 bits per heavy atom. The van der Waals surface area contributed by atoms with Gasteiger partial charge in [-0.1, -0.05) is 48.5 Å². The van der Waals surface area contributed by atoms with Gasteiger partial charge in [-0.2, -0.15) is 0 Å². The van der Waals surface area contributed by atoms with Crippen LogP contribution >= 0.6 is 0 Å². The number of nitrogens with one attached hydrogen (secondary N) is 1. The van der Waals surface area contributed by atoms with E-state index in [1.807, 2.05) is 0 Å². The second-order valence-electron chi connectivity index (χ2n) is 8.17. The van der Waals surface area contributed by atoms with Gasteiger partial charge in [0, 0.05) is 31.2 Å². The second-order valence-corrected chi connectivity index (χ2v) is 8.17. The Bertz CT molecular complexity index is 453. The van der Waals surface area contributed by atoms with Gasteiger partial charge in [-0.25, -0.2) is 4.98 Å².